The molecule has 5 nitrogen and oxygen atoms in total. The first-order chi connectivity index (χ1) is 12.0. The number of thiophene rings is 1. The van der Waals surface area contributed by atoms with E-state index < -0.39 is 0 Å². The Balaban J connectivity index is 1.86. The molecule has 1 N–H and O–H groups in total. The molecule has 0 fully saturated rings. The highest BCUT2D eigenvalue weighted by Gasteiger charge is 2.21. The maximum atomic E-state index is 13.0. The van der Waals surface area contributed by atoms with Crippen LogP contribution in [-0.2, 0) is 12.8 Å². The van der Waals surface area contributed by atoms with Crippen LogP contribution in [0.25, 0.3) is 10.2 Å². The molecule has 3 aromatic rings. The van der Waals surface area contributed by atoms with Gasteiger partial charge in [-0.3, -0.25) is 4.79 Å². The number of rotatable bonds is 2. The molecule has 25 heavy (non-hydrogen) atoms. The van der Waals surface area contributed by atoms with Crippen molar-refractivity contribution in [2.75, 3.05) is 0 Å². The zero-order valence-electron chi connectivity index (χ0n) is 14.2. The van der Waals surface area contributed by atoms with Gasteiger partial charge in [0.25, 0.3) is 5.56 Å². The largest absolute Gasteiger partial charge is 0.507 e. The van der Waals surface area contributed by atoms with Gasteiger partial charge < -0.3 is 5.11 Å². The summed E-state index contributed by atoms with van der Waals surface area (Å²) >= 11 is 1.64. The van der Waals surface area contributed by atoms with Crippen molar-refractivity contribution in [2.45, 2.75) is 39.5 Å². The molecule has 0 radical (unpaired) electrons. The van der Waals surface area contributed by atoms with Crippen molar-refractivity contribution in [2.24, 2.45) is 5.10 Å². The van der Waals surface area contributed by atoms with E-state index in [-0.39, 0.29) is 11.3 Å². The molecular formula is C19H19N3O2S. The monoisotopic (exact) mass is 353 g/mol. The van der Waals surface area contributed by atoms with Crippen molar-refractivity contribution in [1.29, 1.82) is 0 Å². The molecule has 0 bridgehead atoms. The van der Waals surface area contributed by atoms with Gasteiger partial charge in [0.05, 0.1) is 11.6 Å². The second-order valence-corrected chi connectivity index (χ2v) is 7.56. The molecule has 0 aliphatic heterocycles. The van der Waals surface area contributed by atoms with Gasteiger partial charge in [-0.1, -0.05) is 11.6 Å². The van der Waals surface area contributed by atoms with Gasteiger partial charge in [0.2, 0.25) is 0 Å². The number of hydrogen-bond acceptors (Lipinski definition) is 5. The summed E-state index contributed by atoms with van der Waals surface area (Å²) in [4.78, 5) is 19.7. The summed E-state index contributed by atoms with van der Waals surface area (Å²) in [6.45, 7) is 3.73. The van der Waals surface area contributed by atoms with Crippen molar-refractivity contribution < 1.29 is 5.11 Å². The summed E-state index contributed by atoms with van der Waals surface area (Å²) in [6, 6.07) is 5.29. The third kappa shape index (κ3) is 2.76. The van der Waals surface area contributed by atoms with Gasteiger partial charge in [0, 0.05) is 10.4 Å². The van der Waals surface area contributed by atoms with Crippen LogP contribution in [0, 0.1) is 13.8 Å². The summed E-state index contributed by atoms with van der Waals surface area (Å²) in [5.41, 5.74) is 2.64. The van der Waals surface area contributed by atoms with E-state index in [0.717, 1.165) is 40.6 Å². The third-order valence-electron chi connectivity index (χ3n) is 4.62. The van der Waals surface area contributed by atoms with Crippen molar-refractivity contribution in [3.8, 4) is 5.75 Å². The SMILES string of the molecule is Cc1ccc(O)c(/C=N/n2c(C)nc3sc4c(c3c2=O)CCCC4)c1. The fraction of sp³-hybridized carbons (Fsp3) is 0.316. The molecule has 128 valence electrons. The molecule has 0 spiro atoms. The fourth-order valence-electron chi connectivity index (χ4n) is 3.33. The first-order valence-electron chi connectivity index (χ1n) is 8.42. The second kappa shape index (κ2) is 6.11. The lowest BCUT2D eigenvalue weighted by molar-refractivity contribution is 0.474. The number of aryl methyl sites for hydroxylation is 4. The van der Waals surface area contributed by atoms with Gasteiger partial charge in [-0.15, -0.1) is 11.3 Å². The smallest absolute Gasteiger partial charge is 0.283 e. The zero-order valence-corrected chi connectivity index (χ0v) is 15.1. The van der Waals surface area contributed by atoms with E-state index in [1.165, 1.54) is 22.2 Å². The van der Waals surface area contributed by atoms with Crippen LogP contribution in [0.2, 0.25) is 0 Å². The predicted molar refractivity (Wildman–Crippen MR) is 101 cm³/mol. The van der Waals surface area contributed by atoms with Crippen LogP contribution in [0.15, 0.2) is 28.1 Å². The van der Waals surface area contributed by atoms with Crippen molar-refractivity contribution in [1.82, 2.24) is 9.66 Å². The van der Waals surface area contributed by atoms with Gasteiger partial charge in [-0.05, 0) is 57.2 Å². The molecule has 0 saturated heterocycles. The highest BCUT2D eigenvalue weighted by molar-refractivity contribution is 7.18. The van der Waals surface area contributed by atoms with E-state index in [1.54, 1.807) is 24.3 Å². The highest BCUT2D eigenvalue weighted by atomic mass is 32.1. The van der Waals surface area contributed by atoms with Crippen LogP contribution in [0.5, 0.6) is 5.75 Å². The van der Waals surface area contributed by atoms with Gasteiger partial charge in [-0.2, -0.15) is 9.78 Å². The summed E-state index contributed by atoms with van der Waals surface area (Å²) < 4.78 is 1.34. The minimum absolute atomic E-state index is 0.120. The Hall–Kier alpha value is -2.47. The number of phenolic OH excluding ortho intramolecular Hbond substituents is 1. The maximum Gasteiger partial charge on any atom is 0.283 e. The second-order valence-electron chi connectivity index (χ2n) is 6.47. The Morgan fingerprint density at radius 1 is 1.28 bits per heavy atom. The minimum atomic E-state index is -0.120. The van der Waals surface area contributed by atoms with Crippen molar-refractivity contribution in [3.63, 3.8) is 0 Å². The van der Waals surface area contributed by atoms with Crippen LogP contribution in [0.1, 0.15) is 40.2 Å². The molecule has 1 aromatic carbocycles. The number of fused-ring (bicyclic) bond motifs is 3. The predicted octanol–water partition coefficient (Wildman–Crippen LogP) is 3.54. The lowest BCUT2D eigenvalue weighted by atomic mass is 9.97. The average Bonchev–Trinajstić information content (AvgIpc) is 2.95. The highest BCUT2D eigenvalue weighted by Crippen LogP contribution is 2.33. The van der Waals surface area contributed by atoms with E-state index in [4.69, 9.17) is 0 Å². The molecule has 2 aromatic heterocycles. The van der Waals surface area contributed by atoms with Crippen LogP contribution < -0.4 is 5.56 Å². The van der Waals surface area contributed by atoms with Gasteiger partial charge >= 0.3 is 0 Å². The van der Waals surface area contributed by atoms with E-state index in [0.29, 0.717) is 11.4 Å². The Bertz CT molecular complexity index is 1060. The maximum absolute atomic E-state index is 13.0. The number of aromatic nitrogens is 2. The molecule has 1 aliphatic rings. The fourth-order valence-corrected chi connectivity index (χ4v) is 4.63. The topological polar surface area (TPSA) is 67.5 Å². The number of phenols is 1. The lowest BCUT2D eigenvalue weighted by Crippen LogP contribution is -2.21. The lowest BCUT2D eigenvalue weighted by Gasteiger charge is -2.10. The summed E-state index contributed by atoms with van der Waals surface area (Å²) in [5, 5.41) is 15.0. The summed E-state index contributed by atoms with van der Waals surface area (Å²) in [6.07, 6.45) is 5.79. The number of benzene rings is 1. The van der Waals surface area contributed by atoms with Crippen LogP contribution >= 0.6 is 11.3 Å². The van der Waals surface area contributed by atoms with E-state index in [1.807, 2.05) is 19.1 Å². The zero-order chi connectivity index (χ0) is 17.6. The first-order valence-corrected chi connectivity index (χ1v) is 9.24. The Labute approximate surface area is 149 Å². The van der Waals surface area contributed by atoms with Crippen molar-refractivity contribution >= 4 is 27.8 Å². The molecule has 6 heteroatoms. The minimum Gasteiger partial charge on any atom is -0.507 e. The molecular weight excluding hydrogens is 334 g/mol. The average molecular weight is 353 g/mol. The summed E-state index contributed by atoms with van der Waals surface area (Å²) in [5.74, 6) is 0.696. The molecule has 4 rings (SSSR count). The van der Waals surface area contributed by atoms with Gasteiger partial charge in [0.15, 0.2) is 0 Å². The number of hydrogen-bond donors (Lipinski definition) is 1. The van der Waals surface area contributed by atoms with Crippen LogP contribution in [0.3, 0.4) is 0 Å². The van der Waals surface area contributed by atoms with Crippen LogP contribution in [-0.4, -0.2) is 21.0 Å². The molecule has 0 atom stereocenters. The van der Waals surface area contributed by atoms with Crippen molar-refractivity contribution in [3.05, 3.63) is 55.9 Å². The van der Waals surface area contributed by atoms with E-state index >= 15 is 0 Å². The molecule has 2 heterocycles. The number of nitrogens with zero attached hydrogens (tertiary/aromatic N) is 3. The Kier molecular flexibility index (Phi) is 3.92. The molecule has 1 aliphatic carbocycles. The third-order valence-corrected chi connectivity index (χ3v) is 5.81. The van der Waals surface area contributed by atoms with Gasteiger partial charge in [-0.25, -0.2) is 4.98 Å². The van der Waals surface area contributed by atoms with Crippen LogP contribution in [0.4, 0.5) is 0 Å². The van der Waals surface area contributed by atoms with E-state index in [2.05, 4.69) is 10.1 Å². The number of aromatic hydroxyl groups is 1. The quantitative estimate of drug-likeness (QED) is 0.717. The van der Waals surface area contributed by atoms with Gasteiger partial charge in [0.1, 0.15) is 16.4 Å². The normalized spacial score (nSPS) is 14.3. The standard InChI is InChI=1S/C19H19N3O2S/c1-11-7-8-15(23)13(9-11)10-20-22-12(2)21-18-17(19(22)24)14-5-3-4-6-16(14)25-18/h7-10,23H,3-6H2,1-2H3/b20-10+. The Morgan fingerprint density at radius 2 is 2.08 bits per heavy atom. The molecule has 0 saturated carbocycles. The summed E-state index contributed by atoms with van der Waals surface area (Å²) in [7, 11) is 0. The first kappa shape index (κ1) is 16.0. The molecule has 0 amide bonds. The van der Waals surface area contributed by atoms with E-state index in [9.17, 15) is 9.90 Å². The Morgan fingerprint density at radius 3 is 2.92 bits per heavy atom. The molecule has 0 unspecified atom stereocenters.